The van der Waals surface area contributed by atoms with E-state index in [1.54, 1.807) is 0 Å². The number of halogens is 3. The van der Waals surface area contributed by atoms with Crippen LogP contribution in [0.1, 0.15) is 41.9 Å². The van der Waals surface area contributed by atoms with Crippen LogP contribution in [-0.2, 0) is 17.4 Å². The van der Waals surface area contributed by atoms with Crippen molar-refractivity contribution in [2.24, 2.45) is 0 Å². The lowest BCUT2D eigenvalue weighted by atomic mass is 9.93. The molecule has 7 nitrogen and oxygen atoms in total. The van der Waals surface area contributed by atoms with Crippen molar-refractivity contribution in [3.63, 3.8) is 0 Å². The topological polar surface area (TPSA) is 97.3 Å². The summed E-state index contributed by atoms with van der Waals surface area (Å²) >= 11 is 0. The molecule has 0 radical (unpaired) electrons. The molecule has 4 N–H and O–H groups in total. The number of carbonyl (C=O) groups excluding carboxylic acids is 1. The first-order valence-electron chi connectivity index (χ1n) is 14.1. The molecule has 6 rings (SSSR count). The van der Waals surface area contributed by atoms with Crippen LogP contribution in [0.3, 0.4) is 0 Å². The van der Waals surface area contributed by atoms with E-state index in [9.17, 15) is 18.0 Å². The number of hydrogen-bond acceptors (Lipinski definition) is 5. The van der Waals surface area contributed by atoms with Crippen LogP contribution in [0.15, 0.2) is 72.9 Å². The molecule has 2 aromatic heterocycles. The Hall–Kier alpha value is -4.70. The molecule has 3 aromatic carbocycles. The van der Waals surface area contributed by atoms with Gasteiger partial charge in [-0.15, -0.1) is 0 Å². The number of nitrogens with one attached hydrogen (secondary N) is 2. The van der Waals surface area contributed by atoms with Crippen LogP contribution in [0.2, 0.25) is 0 Å². The average Bonchev–Trinajstić information content (AvgIpc) is 3.35. The van der Waals surface area contributed by atoms with Gasteiger partial charge < -0.3 is 16.4 Å². The van der Waals surface area contributed by atoms with Crippen molar-refractivity contribution < 1.29 is 18.0 Å². The number of nitrogens with two attached hydrogens (primary N) is 1. The number of imidazole rings is 1. The summed E-state index contributed by atoms with van der Waals surface area (Å²) in [6, 6.07) is 16.5. The Bertz CT molecular complexity index is 1890. The molecule has 1 atom stereocenters. The Morgan fingerprint density at radius 2 is 1.88 bits per heavy atom. The zero-order chi connectivity index (χ0) is 30.3. The van der Waals surface area contributed by atoms with Crippen LogP contribution in [0, 0.1) is 6.92 Å². The molecule has 2 heterocycles. The van der Waals surface area contributed by atoms with E-state index in [0.717, 1.165) is 70.3 Å². The third-order valence-electron chi connectivity index (χ3n) is 8.10. The van der Waals surface area contributed by atoms with Gasteiger partial charge in [0.2, 0.25) is 5.91 Å². The van der Waals surface area contributed by atoms with Crippen LogP contribution < -0.4 is 16.4 Å². The van der Waals surface area contributed by atoms with Crippen molar-refractivity contribution in [2.45, 2.75) is 44.8 Å². The van der Waals surface area contributed by atoms with E-state index in [1.165, 1.54) is 17.7 Å². The van der Waals surface area contributed by atoms with Crippen LogP contribution in [0.25, 0.3) is 33.1 Å². The summed E-state index contributed by atoms with van der Waals surface area (Å²) in [5, 5.41) is 7.67. The zero-order valence-corrected chi connectivity index (χ0v) is 23.8. The van der Waals surface area contributed by atoms with Gasteiger partial charge in [0.05, 0.1) is 23.9 Å². The van der Waals surface area contributed by atoms with Crippen LogP contribution in [0.4, 0.5) is 24.7 Å². The van der Waals surface area contributed by atoms with E-state index in [1.807, 2.05) is 56.6 Å². The number of aromatic nitrogens is 3. The zero-order valence-electron chi connectivity index (χ0n) is 23.8. The van der Waals surface area contributed by atoms with Gasteiger partial charge in [0.25, 0.3) is 0 Å². The van der Waals surface area contributed by atoms with Gasteiger partial charge in [0, 0.05) is 17.3 Å². The summed E-state index contributed by atoms with van der Waals surface area (Å²) in [6.07, 6.45) is 2.44. The fourth-order valence-corrected chi connectivity index (χ4v) is 5.93. The lowest BCUT2D eigenvalue weighted by molar-refractivity contribution is -0.137. The van der Waals surface area contributed by atoms with Gasteiger partial charge in [-0.2, -0.15) is 13.2 Å². The first kappa shape index (κ1) is 28.4. The highest BCUT2D eigenvalue weighted by Crippen LogP contribution is 2.37. The molecule has 0 saturated carbocycles. The number of carbonyl (C=O) groups is 1. The van der Waals surface area contributed by atoms with Crippen molar-refractivity contribution in [1.29, 1.82) is 0 Å². The van der Waals surface area contributed by atoms with E-state index in [0.29, 0.717) is 17.6 Å². The van der Waals surface area contributed by atoms with Crippen molar-refractivity contribution >= 4 is 39.3 Å². The molecule has 1 amide bonds. The SMILES string of the molecule is CNC1CC=C(c2cnc(N)c3c(-c4ccc(CC(=O)Nc5cccc(C(F)(F)F)c5)c5ccccc45)nc(C)n23)CC1. The number of amides is 1. The number of alkyl halides is 3. The van der Waals surface area contributed by atoms with E-state index in [-0.39, 0.29) is 12.1 Å². The molecule has 5 aromatic rings. The Morgan fingerprint density at radius 1 is 1.09 bits per heavy atom. The molecule has 10 heteroatoms. The molecule has 1 aliphatic rings. The monoisotopic (exact) mass is 584 g/mol. The first-order chi connectivity index (χ1) is 20.6. The Balaban J connectivity index is 1.37. The lowest BCUT2D eigenvalue weighted by Gasteiger charge is -2.22. The molecule has 0 aliphatic heterocycles. The summed E-state index contributed by atoms with van der Waals surface area (Å²) in [6.45, 7) is 1.95. The molecule has 1 unspecified atom stereocenters. The molecule has 220 valence electrons. The maximum atomic E-state index is 13.1. The number of allylic oxidation sites excluding steroid dienone is 1. The number of nitrogens with zero attached hydrogens (tertiary/aromatic N) is 3. The van der Waals surface area contributed by atoms with Crippen LogP contribution in [0.5, 0.6) is 0 Å². The second-order valence-electron chi connectivity index (χ2n) is 10.8. The summed E-state index contributed by atoms with van der Waals surface area (Å²) in [5.41, 5.74) is 10.9. The molecule has 0 bridgehead atoms. The van der Waals surface area contributed by atoms with Crippen molar-refractivity contribution in [2.75, 3.05) is 18.1 Å². The third kappa shape index (κ3) is 5.46. The van der Waals surface area contributed by atoms with Crippen molar-refractivity contribution in [1.82, 2.24) is 19.7 Å². The first-order valence-corrected chi connectivity index (χ1v) is 14.1. The number of fused-ring (bicyclic) bond motifs is 2. The standard InChI is InChI=1S/C33H31F3N6O/c1-19-40-30(31-32(37)39-18-28(42(19)31)20-10-13-23(38-2)14-11-20)27-15-12-21(25-8-3-4-9-26(25)27)16-29(43)41-24-7-5-6-22(17-24)33(34,35)36/h3-10,12,15,17-18,23,38H,11,13-14,16H2,1-2H3,(H2,37,39)(H,41,43). The van der Waals surface area contributed by atoms with Crippen molar-refractivity contribution in [3.05, 3.63) is 95.6 Å². The minimum absolute atomic E-state index is 0.0182. The quantitative estimate of drug-likeness (QED) is 0.204. The van der Waals surface area contributed by atoms with Gasteiger partial charge in [0.1, 0.15) is 22.9 Å². The number of hydrogen-bond donors (Lipinski definition) is 3. The normalized spacial score (nSPS) is 15.6. The fourth-order valence-electron chi connectivity index (χ4n) is 5.93. The van der Waals surface area contributed by atoms with E-state index < -0.39 is 17.6 Å². The Kier molecular flexibility index (Phi) is 7.39. The van der Waals surface area contributed by atoms with E-state index >= 15 is 0 Å². The fraction of sp³-hybridized carbons (Fsp3) is 0.242. The average molecular weight is 585 g/mol. The van der Waals surface area contributed by atoms with E-state index in [2.05, 4.69) is 26.1 Å². The molecular formula is C33H31F3N6O. The smallest absolute Gasteiger partial charge is 0.382 e. The van der Waals surface area contributed by atoms with Gasteiger partial charge in [-0.05, 0) is 73.3 Å². The number of anilines is 2. The van der Waals surface area contributed by atoms with E-state index in [4.69, 9.17) is 10.7 Å². The molecule has 0 saturated heterocycles. The highest BCUT2D eigenvalue weighted by atomic mass is 19.4. The predicted octanol–water partition coefficient (Wildman–Crippen LogP) is 6.80. The molecule has 43 heavy (non-hydrogen) atoms. The van der Waals surface area contributed by atoms with Crippen LogP contribution in [-0.4, -0.2) is 33.4 Å². The van der Waals surface area contributed by atoms with Gasteiger partial charge >= 0.3 is 6.18 Å². The summed E-state index contributed by atoms with van der Waals surface area (Å²) in [5.74, 6) is 0.747. The van der Waals surface area contributed by atoms with Gasteiger partial charge in [0.15, 0.2) is 0 Å². The minimum atomic E-state index is -4.49. The maximum absolute atomic E-state index is 13.1. The second-order valence-corrected chi connectivity index (χ2v) is 10.8. The maximum Gasteiger partial charge on any atom is 0.416 e. The summed E-state index contributed by atoms with van der Waals surface area (Å²) in [4.78, 5) is 22.5. The summed E-state index contributed by atoms with van der Waals surface area (Å²) in [7, 11) is 1.98. The highest BCUT2D eigenvalue weighted by Gasteiger charge is 2.30. The van der Waals surface area contributed by atoms with Crippen molar-refractivity contribution in [3.8, 4) is 11.3 Å². The Morgan fingerprint density at radius 3 is 2.60 bits per heavy atom. The molecular weight excluding hydrogens is 553 g/mol. The lowest BCUT2D eigenvalue weighted by Crippen LogP contribution is -2.26. The Labute approximate surface area is 246 Å². The number of benzene rings is 3. The van der Waals surface area contributed by atoms with Crippen LogP contribution >= 0.6 is 0 Å². The third-order valence-corrected chi connectivity index (χ3v) is 8.10. The summed E-state index contributed by atoms with van der Waals surface area (Å²) < 4.78 is 41.5. The van der Waals surface area contributed by atoms with Gasteiger partial charge in [-0.1, -0.05) is 48.5 Å². The number of aryl methyl sites for hydroxylation is 1. The second kappa shape index (κ2) is 11.2. The minimum Gasteiger partial charge on any atom is -0.382 e. The highest BCUT2D eigenvalue weighted by molar-refractivity contribution is 6.04. The molecule has 0 fully saturated rings. The number of rotatable bonds is 6. The molecule has 1 aliphatic carbocycles. The van der Waals surface area contributed by atoms with Gasteiger partial charge in [-0.25, -0.2) is 9.97 Å². The van der Waals surface area contributed by atoms with Gasteiger partial charge in [-0.3, -0.25) is 9.20 Å². The number of nitrogen functional groups attached to an aromatic ring is 1. The predicted molar refractivity (Wildman–Crippen MR) is 164 cm³/mol. The molecule has 0 spiro atoms. The largest absolute Gasteiger partial charge is 0.416 e.